The highest BCUT2D eigenvalue weighted by Crippen LogP contribution is 2.35. The second-order valence-corrected chi connectivity index (χ2v) is 11.4. The number of piperazine rings is 1. The quantitative estimate of drug-likeness (QED) is 0.467. The van der Waals surface area contributed by atoms with Gasteiger partial charge in [0.2, 0.25) is 11.8 Å². The first-order valence-corrected chi connectivity index (χ1v) is 13.8. The van der Waals surface area contributed by atoms with Crippen molar-refractivity contribution in [1.82, 2.24) is 14.7 Å². The average Bonchev–Trinajstić information content (AvgIpc) is 2.86. The Morgan fingerprint density at radius 1 is 0.833 bits per heavy atom. The number of hydrogen-bond donors (Lipinski definition) is 0. The van der Waals surface area contributed by atoms with Gasteiger partial charge in [-0.3, -0.25) is 14.5 Å². The summed E-state index contributed by atoms with van der Waals surface area (Å²) in [6.07, 6.45) is 2.40. The summed E-state index contributed by atoms with van der Waals surface area (Å²) in [5.41, 5.74) is 2.37. The first-order valence-electron chi connectivity index (χ1n) is 13.0. The number of rotatable bonds is 6. The number of likely N-dealkylation sites (tertiary alicyclic amines) is 1. The second kappa shape index (κ2) is 12.0. The van der Waals surface area contributed by atoms with Crippen LogP contribution in [-0.2, 0) is 9.59 Å². The lowest BCUT2D eigenvalue weighted by molar-refractivity contribution is -0.137. The number of hydrogen-bond acceptors (Lipinski definition) is 3. The zero-order chi connectivity index (χ0) is 25.8. The van der Waals surface area contributed by atoms with Crippen molar-refractivity contribution in [1.29, 1.82) is 0 Å². The highest BCUT2D eigenvalue weighted by molar-refractivity contribution is 6.30. The molecule has 5 nitrogen and oxygen atoms in total. The van der Waals surface area contributed by atoms with E-state index in [1.54, 1.807) is 6.92 Å². The predicted octanol–water partition coefficient (Wildman–Crippen LogP) is 5.90. The van der Waals surface area contributed by atoms with E-state index in [4.69, 9.17) is 23.2 Å². The van der Waals surface area contributed by atoms with Crippen molar-refractivity contribution in [3.8, 4) is 0 Å². The summed E-state index contributed by atoms with van der Waals surface area (Å²) >= 11 is 12.4. The van der Waals surface area contributed by atoms with E-state index in [1.165, 1.54) is 11.1 Å². The summed E-state index contributed by atoms with van der Waals surface area (Å²) in [6.45, 7) is 9.87. The number of piperidine rings is 1. The summed E-state index contributed by atoms with van der Waals surface area (Å²) < 4.78 is 0. The topological polar surface area (TPSA) is 43.9 Å². The van der Waals surface area contributed by atoms with E-state index in [1.807, 2.05) is 29.2 Å². The fraction of sp³-hybridized carbons (Fsp3) is 0.517. The molecule has 0 bridgehead atoms. The molecule has 2 aromatic carbocycles. The Morgan fingerprint density at radius 2 is 1.36 bits per heavy atom. The molecule has 2 aliphatic rings. The van der Waals surface area contributed by atoms with Crippen LogP contribution in [0.15, 0.2) is 48.5 Å². The van der Waals surface area contributed by atoms with Gasteiger partial charge in [-0.05, 0) is 60.1 Å². The second-order valence-electron chi connectivity index (χ2n) is 10.5. The highest BCUT2D eigenvalue weighted by Gasteiger charge is 2.37. The van der Waals surface area contributed by atoms with Crippen LogP contribution in [0.25, 0.3) is 0 Å². The molecule has 4 rings (SSSR count). The fourth-order valence-electron chi connectivity index (χ4n) is 5.66. The van der Waals surface area contributed by atoms with Crippen LogP contribution in [0.5, 0.6) is 0 Å². The minimum atomic E-state index is 0.0556. The minimum Gasteiger partial charge on any atom is -0.343 e. The predicted molar refractivity (Wildman–Crippen MR) is 146 cm³/mol. The largest absolute Gasteiger partial charge is 0.343 e. The highest BCUT2D eigenvalue weighted by atomic mass is 35.5. The number of halogens is 2. The molecule has 0 aromatic heterocycles. The van der Waals surface area contributed by atoms with E-state index >= 15 is 0 Å². The van der Waals surface area contributed by atoms with Crippen molar-refractivity contribution in [3.63, 3.8) is 0 Å². The lowest BCUT2D eigenvalue weighted by atomic mass is 9.90. The number of nitrogens with zero attached hydrogens (tertiary/aromatic N) is 3. The molecule has 2 amide bonds. The zero-order valence-electron chi connectivity index (χ0n) is 21.5. The number of carbonyl (C=O) groups is 2. The molecule has 2 fully saturated rings. The van der Waals surface area contributed by atoms with Crippen LogP contribution in [-0.4, -0.2) is 65.3 Å². The van der Waals surface area contributed by atoms with Gasteiger partial charge >= 0.3 is 0 Å². The first-order chi connectivity index (χ1) is 17.2. The SMILES string of the molecule is CC(=O)N1CCC(CC(=O)N2CCN(C(c3ccc(Cl)cc3)c3ccc(Cl)cc3)C(C(C)C)C2)CC1. The third-order valence-corrected chi connectivity index (χ3v) is 8.31. The summed E-state index contributed by atoms with van der Waals surface area (Å²) in [5, 5.41) is 1.44. The van der Waals surface area contributed by atoms with Gasteiger partial charge in [0.05, 0.1) is 6.04 Å². The van der Waals surface area contributed by atoms with Gasteiger partial charge in [-0.15, -0.1) is 0 Å². The molecular formula is C29H37Cl2N3O2. The molecule has 1 atom stereocenters. The maximum atomic E-state index is 13.3. The van der Waals surface area contributed by atoms with Crippen LogP contribution >= 0.6 is 23.2 Å². The summed E-state index contributed by atoms with van der Waals surface area (Å²) in [5.74, 6) is 1.11. The Morgan fingerprint density at radius 3 is 1.83 bits per heavy atom. The molecule has 1 unspecified atom stereocenters. The Kier molecular flexibility index (Phi) is 8.97. The summed E-state index contributed by atoms with van der Waals surface area (Å²) in [6, 6.07) is 16.5. The lowest BCUT2D eigenvalue weighted by Gasteiger charge is -2.47. The smallest absolute Gasteiger partial charge is 0.222 e. The number of benzene rings is 2. The van der Waals surface area contributed by atoms with Crippen LogP contribution in [0.2, 0.25) is 10.0 Å². The Bertz CT molecular complexity index is 988. The van der Waals surface area contributed by atoms with Gasteiger partial charge in [0.15, 0.2) is 0 Å². The van der Waals surface area contributed by atoms with Gasteiger partial charge in [-0.1, -0.05) is 61.3 Å². The Labute approximate surface area is 225 Å². The molecule has 0 radical (unpaired) electrons. The van der Waals surface area contributed by atoms with E-state index in [0.717, 1.165) is 49.1 Å². The maximum Gasteiger partial charge on any atom is 0.222 e. The number of carbonyl (C=O) groups excluding carboxylic acids is 2. The molecule has 194 valence electrons. The van der Waals surface area contributed by atoms with Crippen LogP contribution in [0.3, 0.4) is 0 Å². The van der Waals surface area contributed by atoms with E-state index in [0.29, 0.717) is 24.8 Å². The standard InChI is InChI=1S/C29H37Cl2N3O2/c1-20(2)27-19-33(28(36)18-22-12-14-32(15-13-22)21(3)35)16-17-34(27)29(23-4-8-25(30)9-5-23)24-6-10-26(31)11-7-24/h4-11,20,22,27,29H,12-19H2,1-3H3. The van der Waals surface area contributed by atoms with Crippen molar-refractivity contribution < 1.29 is 9.59 Å². The molecule has 0 N–H and O–H groups in total. The first kappa shape index (κ1) is 27.0. The molecular weight excluding hydrogens is 493 g/mol. The molecule has 7 heteroatoms. The third kappa shape index (κ3) is 6.42. The van der Waals surface area contributed by atoms with Crippen LogP contribution in [0.4, 0.5) is 0 Å². The van der Waals surface area contributed by atoms with Gasteiger partial charge in [-0.25, -0.2) is 0 Å². The molecule has 2 saturated heterocycles. The molecule has 2 heterocycles. The van der Waals surface area contributed by atoms with Crippen molar-refractivity contribution >= 4 is 35.0 Å². The van der Waals surface area contributed by atoms with Crippen molar-refractivity contribution in [3.05, 3.63) is 69.7 Å². The average molecular weight is 531 g/mol. The molecule has 0 aliphatic carbocycles. The van der Waals surface area contributed by atoms with Crippen molar-refractivity contribution in [2.75, 3.05) is 32.7 Å². The maximum absolute atomic E-state index is 13.3. The number of amides is 2. The molecule has 0 spiro atoms. The van der Waals surface area contributed by atoms with Gasteiger partial charge in [0.25, 0.3) is 0 Å². The van der Waals surface area contributed by atoms with Crippen molar-refractivity contribution in [2.45, 2.75) is 52.1 Å². The monoisotopic (exact) mass is 529 g/mol. The molecule has 2 aromatic rings. The van der Waals surface area contributed by atoms with Crippen LogP contribution in [0.1, 0.15) is 57.2 Å². The molecule has 36 heavy (non-hydrogen) atoms. The van der Waals surface area contributed by atoms with Gasteiger partial charge in [0.1, 0.15) is 0 Å². The summed E-state index contributed by atoms with van der Waals surface area (Å²) in [7, 11) is 0. The minimum absolute atomic E-state index is 0.0556. The zero-order valence-corrected chi connectivity index (χ0v) is 23.0. The van der Waals surface area contributed by atoms with E-state index in [-0.39, 0.29) is 23.9 Å². The fourth-order valence-corrected chi connectivity index (χ4v) is 5.91. The molecule has 2 aliphatic heterocycles. The van der Waals surface area contributed by atoms with Gasteiger partial charge in [0, 0.05) is 62.2 Å². The van der Waals surface area contributed by atoms with Gasteiger partial charge < -0.3 is 9.80 Å². The molecule has 0 saturated carbocycles. The normalized spacial score (nSPS) is 19.8. The van der Waals surface area contributed by atoms with Gasteiger partial charge in [-0.2, -0.15) is 0 Å². The van der Waals surface area contributed by atoms with E-state index in [2.05, 4.69) is 47.9 Å². The Hall–Kier alpha value is -2.08. The summed E-state index contributed by atoms with van der Waals surface area (Å²) in [4.78, 5) is 31.5. The van der Waals surface area contributed by atoms with Crippen LogP contribution < -0.4 is 0 Å². The van der Waals surface area contributed by atoms with E-state index < -0.39 is 0 Å². The lowest BCUT2D eigenvalue weighted by Crippen LogP contribution is -2.57. The van der Waals surface area contributed by atoms with E-state index in [9.17, 15) is 9.59 Å². The Balaban J connectivity index is 1.50. The third-order valence-electron chi connectivity index (χ3n) is 7.81. The van der Waals surface area contributed by atoms with Crippen LogP contribution in [0, 0.1) is 11.8 Å². The van der Waals surface area contributed by atoms with Crippen molar-refractivity contribution in [2.24, 2.45) is 11.8 Å².